The van der Waals surface area contributed by atoms with Crippen LogP contribution in [-0.2, 0) is 5.75 Å². The van der Waals surface area contributed by atoms with E-state index in [1.807, 2.05) is 11.8 Å². The van der Waals surface area contributed by atoms with Gasteiger partial charge in [0.25, 0.3) is 0 Å². The Kier molecular flexibility index (Phi) is 12.0. The van der Waals surface area contributed by atoms with Gasteiger partial charge in [0.05, 0.1) is 11.4 Å². The third kappa shape index (κ3) is 8.29. The third-order valence-electron chi connectivity index (χ3n) is 13.0. The van der Waals surface area contributed by atoms with Crippen LogP contribution in [0.15, 0.2) is 208 Å². The van der Waals surface area contributed by atoms with Gasteiger partial charge >= 0.3 is 0 Å². The van der Waals surface area contributed by atoms with Gasteiger partial charge in [-0.2, -0.15) is 0 Å². The molecule has 64 heavy (non-hydrogen) atoms. The average Bonchev–Trinajstić information content (AvgIpc) is 3.75. The van der Waals surface area contributed by atoms with Gasteiger partial charge in [0.1, 0.15) is 11.2 Å². The van der Waals surface area contributed by atoms with Crippen molar-refractivity contribution in [2.75, 3.05) is 0 Å². The van der Waals surface area contributed by atoms with Gasteiger partial charge in [0, 0.05) is 44.9 Å². The molecule has 314 valence electrons. The lowest BCUT2D eigenvalue weighted by Gasteiger charge is -2.24. The van der Waals surface area contributed by atoms with E-state index in [1.165, 1.54) is 60.5 Å². The van der Waals surface area contributed by atoms with Crippen molar-refractivity contribution < 1.29 is 4.42 Å². The molecule has 0 saturated heterocycles. The fourth-order valence-electron chi connectivity index (χ4n) is 9.51. The highest BCUT2D eigenvalue weighted by Gasteiger charge is 2.24. The number of thioether (sulfide) groups is 1. The van der Waals surface area contributed by atoms with Gasteiger partial charge in [0.2, 0.25) is 0 Å². The summed E-state index contributed by atoms with van der Waals surface area (Å²) in [6.07, 6.45) is 15.9. The third-order valence-corrected chi connectivity index (χ3v) is 14.1. The van der Waals surface area contributed by atoms with Gasteiger partial charge in [-0.05, 0) is 112 Å². The Hall–Kier alpha value is -6.68. The van der Waals surface area contributed by atoms with Gasteiger partial charge < -0.3 is 4.42 Å². The molecular formula is C61H53NOS. The largest absolute Gasteiger partial charge is 0.456 e. The highest BCUT2D eigenvalue weighted by molar-refractivity contribution is 7.98. The molecule has 0 amide bonds. The maximum Gasteiger partial charge on any atom is 0.136 e. The maximum absolute atomic E-state index is 6.81. The van der Waals surface area contributed by atoms with E-state index in [0.29, 0.717) is 5.92 Å². The number of hydrogen-bond donors (Lipinski definition) is 0. The van der Waals surface area contributed by atoms with E-state index in [-0.39, 0.29) is 0 Å². The lowest BCUT2D eigenvalue weighted by molar-refractivity contribution is 0.669. The zero-order valence-corrected chi connectivity index (χ0v) is 37.8. The Morgan fingerprint density at radius 1 is 0.688 bits per heavy atom. The first-order valence-electron chi connectivity index (χ1n) is 22.9. The normalized spacial score (nSPS) is 15.3. The number of benzene rings is 7. The SMILES string of the molecule is CCC/C=C(/N=C(C/C(CC)=C(\C)c1ccccc1)c1ccc(C2C=CC=CC2)cc1)c1cc(-c2cc3c(c(-c4ccccc4)c2)-c2ccccc2CS3)c2c(c1)oc1ccccc12. The Labute approximate surface area is 382 Å². The molecule has 2 heterocycles. The molecule has 7 aromatic carbocycles. The van der Waals surface area contributed by atoms with Crippen LogP contribution < -0.4 is 0 Å². The predicted octanol–water partition coefficient (Wildman–Crippen LogP) is 17.7. The molecule has 0 N–H and O–H groups in total. The van der Waals surface area contributed by atoms with Crippen molar-refractivity contribution in [2.24, 2.45) is 4.99 Å². The van der Waals surface area contributed by atoms with Crippen molar-refractivity contribution in [3.05, 3.63) is 221 Å². The Balaban J connectivity index is 1.18. The average molecular weight is 848 g/mol. The minimum atomic E-state index is 0.388. The Bertz CT molecular complexity index is 3140. The quantitative estimate of drug-likeness (QED) is 0.114. The molecule has 10 rings (SSSR count). The zero-order chi connectivity index (χ0) is 43.4. The van der Waals surface area contributed by atoms with E-state index in [4.69, 9.17) is 9.41 Å². The van der Waals surface area contributed by atoms with E-state index in [2.05, 4.69) is 209 Å². The molecule has 1 aliphatic heterocycles. The van der Waals surface area contributed by atoms with Crippen LogP contribution in [0.1, 0.15) is 86.6 Å². The molecular weight excluding hydrogens is 795 g/mol. The fourth-order valence-corrected chi connectivity index (χ4v) is 10.6. The molecule has 1 aliphatic carbocycles. The number of nitrogens with zero attached hydrogens (tertiary/aromatic N) is 1. The molecule has 0 saturated carbocycles. The van der Waals surface area contributed by atoms with Crippen molar-refractivity contribution in [1.29, 1.82) is 0 Å². The van der Waals surface area contributed by atoms with Crippen LogP contribution in [0.25, 0.3) is 66.6 Å². The van der Waals surface area contributed by atoms with Crippen LogP contribution in [0.2, 0.25) is 0 Å². The molecule has 0 radical (unpaired) electrons. The highest BCUT2D eigenvalue weighted by Crippen LogP contribution is 2.50. The molecule has 3 heteroatoms. The van der Waals surface area contributed by atoms with E-state index in [9.17, 15) is 0 Å². The number of allylic oxidation sites excluding steroid dienone is 7. The highest BCUT2D eigenvalue weighted by atomic mass is 32.2. The second-order valence-corrected chi connectivity index (χ2v) is 18.1. The number of aliphatic imine (C=N–C) groups is 1. The van der Waals surface area contributed by atoms with Crippen molar-refractivity contribution >= 4 is 50.7 Å². The second kappa shape index (κ2) is 18.6. The summed E-state index contributed by atoms with van der Waals surface area (Å²) in [7, 11) is 0. The molecule has 0 spiro atoms. The van der Waals surface area contributed by atoms with E-state index < -0.39 is 0 Å². The van der Waals surface area contributed by atoms with Gasteiger partial charge in [0.15, 0.2) is 0 Å². The zero-order valence-electron chi connectivity index (χ0n) is 37.0. The van der Waals surface area contributed by atoms with Crippen molar-refractivity contribution in [3.63, 3.8) is 0 Å². The molecule has 1 aromatic heterocycles. The van der Waals surface area contributed by atoms with Crippen molar-refractivity contribution in [3.8, 4) is 33.4 Å². The summed E-state index contributed by atoms with van der Waals surface area (Å²) in [4.78, 5) is 7.09. The first kappa shape index (κ1) is 41.3. The summed E-state index contributed by atoms with van der Waals surface area (Å²) in [5, 5.41) is 2.26. The molecule has 0 bridgehead atoms. The number of rotatable bonds is 12. The fraction of sp³-hybridized carbons (Fsp3) is 0.164. The number of hydrogen-bond acceptors (Lipinski definition) is 3. The summed E-state index contributed by atoms with van der Waals surface area (Å²) >= 11 is 1.94. The molecule has 8 aromatic rings. The standard InChI is InChI=1S/C61H53NOS/c1-4-6-29-55(62-56(37-42(5-2)41(3)43-20-10-7-11-21-43)47-33-31-45(32-34-47)44-22-12-8-13-23-44)50-36-54(60-52-28-18-19-30-57(52)63-58(60)38-50)49-35-53(46-24-14-9-15-25-46)61-51-27-17-16-26-48(51)40-64-59(61)39-49/h7-22,24-36,38-39,44H,4-6,23,37,40H2,1-3H3/b42-41+,55-29+,62-56?. The summed E-state index contributed by atoms with van der Waals surface area (Å²) < 4.78 is 6.81. The summed E-state index contributed by atoms with van der Waals surface area (Å²) in [5.74, 6) is 1.33. The molecule has 2 nitrogen and oxygen atoms in total. The maximum atomic E-state index is 6.81. The van der Waals surface area contributed by atoms with E-state index in [0.717, 1.165) is 87.9 Å². The first-order valence-corrected chi connectivity index (χ1v) is 23.9. The monoisotopic (exact) mass is 847 g/mol. The Morgan fingerprint density at radius 2 is 1.45 bits per heavy atom. The summed E-state index contributed by atoms with van der Waals surface area (Å²) in [6.45, 7) is 6.79. The molecule has 1 unspecified atom stereocenters. The predicted molar refractivity (Wildman–Crippen MR) is 275 cm³/mol. The van der Waals surface area contributed by atoms with Crippen LogP contribution >= 0.6 is 11.8 Å². The van der Waals surface area contributed by atoms with E-state index in [1.54, 1.807) is 0 Å². The van der Waals surface area contributed by atoms with Crippen LogP contribution in [0, 0.1) is 0 Å². The Morgan fingerprint density at radius 3 is 2.23 bits per heavy atom. The minimum Gasteiger partial charge on any atom is -0.456 e. The van der Waals surface area contributed by atoms with Crippen LogP contribution in [0.5, 0.6) is 0 Å². The number of furan rings is 1. The van der Waals surface area contributed by atoms with Crippen molar-refractivity contribution in [2.45, 2.75) is 69.4 Å². The smallest absolute Gasteiger partial charge is 0.136 e. The van der Waals surface area contributed by atoms with Gasteiger partial charge in [-0.15, -0.1) is 11.8 Å². The van der Waals surface area contributed by atoms with Crippen LogP contribution in [-0.4, -0.2) is 5.71 Å². The minimum absolute atomic E-state index is 0.388. The summed E-state index contributed by atoms with van der Waals surface area (Å²) in [6, 6.07) is 57.8. The lowest BCUT2D eigenvalue weighted by atomic mass is 9.87. The second-order valence-electron chi connectivity index (χ2n) is 17.0. The van der Waals surface area contributed by atoms with Crippen LogP contribution in [0.3, 0.4) is 0 Å². The van der Waals surface area contributed by atoms with Crippen LogP contribution in [0.4, 0.5) is 0 Å². The molecule has 2 aliphatic rings. The molecule has 0 fully saturated rings. The molecule has 1 atom stereocenters. The number of unbranched alkanes of at least 4 members (excludes halogenated alkanes) is 1. The van der Waals surface area contributed by atoms with Gasteiger partial charge in [-0.1, -0.05) is 184 Å². The topological polar surface area (TPSA) is 25.5 Å². The first-order chi connectivity index (χ1) is 31.6. The number of fused-ring (bicyclic) bond motifs is 6. The van der Waals surface area contributed by atoms with Crippen molar-refractivity contribution in [1.82, 2.24) is 0 Å². The van der Waals surface area contributed by atoms with E-state index >= 15 is 0 Å². The van der Waals surface area contributed by atoms with Gasteiger partial charge in [-0.25, -0.2) is 0 Å². The lowest BCUT2D eigenvalue weighted by Crippen LogP contribution is -2.06. The summed E-state index contributed by atoms with van der Waals surface area (Å²) in [5.41, 5.74) is 20.1. The van der Waals surface area contributed by atoms with Gasteiger partial charge in [-0.3, -0.25) is 4.99 Å². The number of para-hydroxylation sites is 1.